The van der Waals surface area contributed by atoms with Gasteiger partial charge in [0.05, 0.1) is 18.1 Å². The maximum Gasteiger partial charge on any atom is 0.311 e. The highest BCUT2D eigenvalue weighted by Gasteiger charge is 2.20. The van der Waals surface area contributed by atoms with E-state index < -0.39 is 15.4 Å². The lowest BCUT2D eigenvalue weighted by molar-refractivity contribution is -0.133. The van der Waals surface area contributed by atoms with Crippen molar-refractivity contribution in [1.82, 2.24) is 4.90 Å². The Morgan fingerprint density at radius 2 is 1.85 bits per heavy atom. The third kappa shape index (κ3) is 6.43. The van der Waals surface area contributed by atoms with Gasteiger partial charge in [-0.25, -0.2) is 0 Å². The Balaban J connectivity index is 2.18. The lowest BCUT2D eigenvalue weighted by atomic mass is 10.1. The first-order valence-electron chi connectivity index (χ1n) is 8.99. The fraction of sp³-hybridized carbons (Fsp3) is 0.450. The Morgan fingerprint density at radius 1 is 1.11 bits per heavy atom. The van der Waals surface area contributed by atoms with Crippen LogP contribution in [0.4, 0.5) is 0 Å². The smallest absolute Gasteiger partial charge is 0.311 e. The van der Waals surface area contributed by atoms with E-state index >= 15 is 0 Å². The number of carbonyl (C=O) groups excluding carboxylic acids is 1. The first-order valence-corrected chi connectivity index (χ1v) is 10.5. The number of furan rings is 1. The highest BCUT2D eigenvalue weighted by molar-refractivity contribution is 7.87. The minimum atomic E-state index is -3.67. The average molecular weight is 394 g/mol. The van der Waals surface area contributed by atoms with E-state index in [0.717, 1.165) is 5.56 Å². The maximum atomic E-state index is 12.6. The fourth-order valence-electron chi connectivity index (χ4n) is 2.45. The zero-order valence-electron chi connectivity index (χ0n) is 16.2. The molecule has 0 saturated carbocycles. The van der Waals surface area contributed by atoms with Crippen molar-refractivity contribution in [3.63, 3.8) is 0 Å². The Bertz CT molecular complexity index is 841. The molecule has 0 aliphatic carbocycles. The van der Waals surface area contributed by atoms with E-state index in [9.17, 15) is 13.2 Å². The van der Waals surface area contributed by atoms with Gasteiger partial charge in [0.2, 0.25) is 5.91 Å². The van der Waals surface area contributed by atoms with E-state index in [2.05, 4.69) is 0 Å². The minimum absolute atomic E-state index is 0.0162. The van der Waals surface area contributed by atoms with Crippen LogP contribution in [-0.4, -0.2) is 24.5 Å². The predicted molar refractivity (Wildman–Crippen MR) is 104 cm³/mol. The van der Waals surface area contributed by atoms with Crippen LogP contribution in [0.15, 0.2) is 47.1 Å². The molecule has 1 aromatic heterocycles. The standard InChI is InChI=1S/C20H27NO5S/c1-15(2)11-20(22)21(14-19-9-6-10-25-19)13-17-7-5-8-18(12-17)26-27(23,24)16(3)4/h5-10,12,15-16H,11,13-14H2,1-4H3. The SMILES string of the molecule is CC(C)CC(=O)N(Cc1cccc(OS(=O)(=O)C(C)C)c1)Cc1ccco1. The summed E-state index contributed by atoms with van der Waals surface area (Å²) in [6.45, 7) is 7.81. The zero-order chi connectivity index (χ0) is 20.0. The Morgan fingerprint density at radius 3 is 2.44 bits per heavy atom. The normalized spacial score (nSPS) is 11.8. The van der Waals surface area contributed by atoms with Crippen LogP contribution in [0.3, 0.4) is 0 Å². The molecule has 2 rings (SSSR count). The van der Waals surface area contributed by atoms with Crippen LogP contribution < -0.4 is 4.18 Å². The maximum absolute atomic E-state index is 12.6. The average Bonchev–Trinajstić information content (AvgIpc) is 3.06. The summed E-state index contributed by atoms with van der Waals surface area (Å²) in [5, 5.41) is -0.635. The largest absolute Gasteiger partial charge is 0.467 e. The summed E-state index contributed by atoms with van der Waals surface area (Å²) in [6.07, 6.45) is 2.00. The number of hydrogen-bond acceptors (Lipinski definition) is 5. The van der Waals surface area contributed by atoms with Gasteiger partial charge in [0.25, 0.3) is 0 Å². The van der Waals surface area contributed by atoms with Gasteiger partial charge < -0.3 is 13.5 Å². The number of benzene rings is 1. The summed E-state index contributed by atoms with van der Waals surface area (Å²) in [6, 6.07) is 10.4. The van der Waals surface area contributed by atoms with E-state index in [4.69, 9.17) is 8.60 Å². The highest BCUT2D eigenvalue weighted by atomic mass is 32.2. The second-order valence-electron chi connectivity index (χ2n) is 7.20. The molecule has 0 aliphatic heterocycles. The topological polar surface area (TPSA) is 76.8 Å². The van der Waals surface area contributed by atoms with Crippen molar-refractivity contribution >= 4 is 16.0 Å². The summed E-state index contributed by atoms with van der Waals surface area (Å²) in [4.78, 5) is 14.3. The van der Waals surface area contributed by atoms with Crippen LogP contribution >= 0.6 is 0 Å². The van der Waals surface area contributed by atoms with Gasteiger partial charge in [-0.1, -0.05) is 26.0 Å². The van der Waals surface area contributed by atoms with Crippen molar-refractivity contribution in [2.24, 2.45) is 5.92 Å². The van der Waals surface area contributed by atoms with E-state index in [1.54, 1.807) is 49.3 Å². The molecule has 1 amide bonds. The molecule has 148 valence electrons. The molecule has 1 aromatic carbocycles. The Labute approximate surface area is 161 Å². The van der Waals surface area contributed by atoms with Crippen LogP contribution in [0.25, 0.3) is 0 Å². The molecule has 0 fully saturated rings. The van der Waals surface area contributed by atoms with E-state index in [0.29, 0.717) is 25.3 Å². The summed E-state index contributed by atoms with van der Waals surface area (Å²) < 4.78 is 34.5. The summed E-state index contributed by atoms with van der Waals surface area (Å²) >= 11 is 0. The molecule has 0 bridgehead atoms. The molecule has 0 aliphatic rings. The van der Waals surface area contributed by atoms with Gasteiger partial charge in [0, 0.05) is 13.0 Å². The zero-order valence-corrected chi connectivity index (χ0v) is 17.0. The van der Waals surface area contributed by atoms with Gasteiger partial charge in [-0.05, 0) is 49.6 Å². The number of hydrogen-bond donors (Lipinski definition) is 0. The first-order chi connectivity index (χ1) is 12.7. The molecular weight excluding hydrogens is 366 g/mol. The van der Waals surface area contributed by atoms with Crippen LogP contribution in [-0.2, 0) is 28.0 Å². The predicted octanol–water partition coefficient (Wildman–Crippen LogP) is 3.97. The number of amides is 1. The second kappa shape index (κ2) is 9.08. The minimum Gasteiger partial charge on any atom is -0.467 e. The number of nitrogens with zero attached hydrogens (tertiary/aromatic N) is 1. The van der Waals surface area contributed by atoms with Crippen molar-refractivity contribution in [3.05, 3.63) is 54.0 Å². The van der Waals surface area contributed by atoms with Gasteiger partial charge in [-0.15, -0.1) is 0 Å². The summed E-state index contributed by atoms with van der Waals surface area (Å²) in [5.41, 5.74) is 0.787. The molecule has 0 atom stereocenters. The second-order valence-corrected chi connectivity index (χ2v) is 9.29. The van der Waals surface area contributed by atoms with E-state index in [1.165, 1.54) is 0 Å². The van der Waals surface area contributed by atoms with Crippen LogP contribution in [0.1, 0.15) is 45.4 Å². The monoisotopic (exact) mass is 393 g/mol. The fourth-order valence-corrected chi connectivity index (χ4v) is 3.01. The molecule has 2 aromatic rings. The lowest BCUT2D eigenvalue weighted by Crippen LogP contribution is -2.30. The molecule has 7 heteroatoms. The van der Waals surface area contributed by atoms with Gasteiger partial charge in [-0.3, -0.25) is 4.79 Å². The molecule has 1 heterocycles. The number of rotatable bonds is 9. The van der Waals surface area contributed by atoms with Crippen LogP contribution in [0.5, 0.6) is 5.75 Å². The molecule has 0 unspecified atom stereocenters. The summed E-state index contributed by atoms with van der Waals surface area (Å²) in [7, 11) is -3.67. The third-order valence-electron chi connectivity index (χ3n) is 3.92. The van der Waals surface area contributed by atoms with E-state index in [-0.39, 0.29) is 17.6 Å². The van der Waals surface area contributed by atoms with Crippen molar-refractivity contribution < 1.29 is 21.8 Å². The highest BCUT2D eigenvalue weighted by Crippen LogP contribution is 2.20. The molecular formula is C20H27NO5S. The van der Waals surface area contributed by atoms with Crippen molar-refractivity contribution in [1.29, 1.82) is 0 Å². The lowest BCUT2D eigenvalue weighted by Gasteiger charge is -2.23. The molecule has 27 heavy (non-hydrogen) atoms. The molecule has 0 N–H and O–H groups in total. The van der Waals surface area contributed by atoms with Crippen molar-refractivity contribution in [2.45, 2.75) is 52.5 Å². The molecule has 0 saturated heterocycles. The Kier molecular flexibility index (Phi) is 7.07. The van der Waals surface area contributed by atoms with Gasteiger partial charge in [0.15, 0.2) is 0 Å². The summed E-state index contributed by atoms with van der Waals surface area (Å²) in [5.74, 6) is 1.20. The van der Waals surface area contributed by atoms with Crippen molar-refractivity contribution in [3.8, 4) is 5.75 Å². The van der Waals surface area contributed by atoms with Crippen LogP contribution in [0.2, 0.25) is 0 Å². The van der Waals surface area contributed by atoms with E-state index in [1.807, 2.05) is 26.0 Å². The number of carbonyl (C=O) groups is 1. The van der Waals surface area contributed by atoms with Crippen LogP contribution in [0, 0.1) is 5.92 Å². The van der Waals surface area contributed by atoms with Gasteiger partial charge in [-0.2, -0.15) is 8.42 Å². The van der Waals surface area contributed by atoms with Gasteiger partial charge in [0.1, 0.15) is 11.5 Å². The van der Waals surface area contributed by atoms with Gasteiger partial charge >= 0.3 is 10.1 Å². The quantitative estimate of drug-likeness (QED) is 0.603. The first kappa shape index (κ1) is 21.0. The molecule has 0 radical (unpaired) electrons. The molecule has 6 nitrogen and oxygen atoms in total. The third-order valence-corrected chi connectivity index (χ3v) is 5.50. The molecule has 0 spiro atoms. The van der Waals surface area contributed by atoms with Crippen molar-refractivity contribution in [2.75, 3.05) is 0 Å². The Hall–Kier alpha value is -2.28.